The minimum absolute atomic E-state index is 0.0434. The summed E-state index contributed by atoms with van der Waals surface area (Å²) in [6.45, 7) is 0.285. The van der Waals surface area contributed by atoms with E-state index in [0.29, 0.717) is 24.1 Å². The van der Waals surface area contributed by atoms with Crippen LogP contribution in [0.4, 0.5) is 13.2 Å². The molecular weight excluding hydrogens is 439 g/mol. The van der Waals surface area contributed by atoms with Gasteiger partial charge in [-0.3, -0.25) is 14.3 Å². The highest BCUT2D eigenvalue weighted by atomic mass is 19.4. The second kappa shape index (κ2) is 8.93. The molecule has 172 valence electrons. The Bertz CT molecular complexity index is 1170. The summed E-state index contributed by atoms with van der Waals surface area (Å²) in [7, 11) is 1.72. The highest BCUT2D eigenvalue weighted by Crippen LogP contribution is 2.34. The van der Waals surface area contributed by atoms with Gasteiger partial charge in [-0.05, 0) is 42.8 Å². The van der Waals surface area contributed by atoms with Crippen molar-refractivity contribution in [2.45, 2.75) is 25.1 Å². The van der Waals surface area contributed by atoms with Crippen molar-refractivity contribution in [1.29, 1.82) is 0 Å². The van der Waals surface area contributed by atoms with Crippen molar-refractivity contribution in [2.75, 3.05) is 6.54 Å². The number of pyridine rings is 1. The number of hydrogen-bond donors (Lipinski definition) is 2. The molecule has 2 amide bonds. The van der Waals surface area contributed by atoms with Crippen LogP contribution in [-0.4, -0.2) is 39.2 Å². The van der Waals surface area contributed by atoms with Crippen molar-refractivity contribution in [3.8, 4) is 22.9 Å². The molecule has 3 heterocycles. The fourth-order valence-electron chi connectivity index (χ4n) is 3.37. The van der Waals surface area contributed by atoms with Gasteiger partial charge in [0.05, 0.1) is 22.4 Å². The number of aromatic nitrogens is 3. The maximum Gasteiger partial charge on any atom is 0.416 e. The highest BCUT2D eigenvalue weighted by Gasteiger charge is 2.30. The molecule has 0 radical (unpaired) electrons. The summed E-state index contributed by atoms with van der Waals surface area (Å²) in [6.07, 6.45) is -0.355. The van der Waals surface area contributed by atoms with Crippen LogP contribution in [0.25, 0.3) is 11.3 Å². The average Bonchev–Trinajstić information content (AvgIpc) is 3.40. The summed E-state index contributed by atoms with van der Waals surface area (Å²) in [5, 5.41) is 9.86. The van der Waals surface area contributed by atoms with Crippen LogP contribution in [0.5, 0.6) is 11.6 Å². The molecule has 2 N–H and O–H groups in total. The number of aryl methyl sites for hydroxylation is 1. The Labute approximate surface area is 186 Å². The average molecular weight is 459 g/mol. The van der Waals surface area contributed by atoms with E-state index in [0.717, 1.165) is 12.1 Å². The van der Waals surface area contributed by atoms with Crippen molar-refractivity contribution in [3.05, 3.63) is 59.9 Å². The van der Waals surface area contributed by atoms with Crippen molar-refractivity contribution in [3.63, 3.8) is 0 Å². The molecule has 4 rings (SSSR count). The Morgan fingerprint density at radius 3 is 2.64 bits per heavy atom. The van der Waals surface area contributed by atoms with Gasteiger partial charge < -0.3 is 15.4 Å². The molecule has 1 aliphatic rings. The lowest BCUT2D eigenvalue weighted by molar-refractivity contribution is -0.137. The standard InChI is InChI=1S/C22H20F3N5O3/c1-30-9-8-18(29-30)17-10-13(20(32)26-12-15-4-7-19(31)28-15)11-27-21(17)33-16-5-2-14(3-6-16)22(23,24)25/h2-3,5-6,8-11,15H,4,7,12H2,1H3,(H,26,32)(H,28,31). The van der Waals surface area contributed by atoms with Crippen molar-refractivity contribution >= 4 is 11.8 Å². The molecule has 0 saturated carbocycles. The Morgan fingerprint density at radius 2 is 2.03 bits per heavy atom. The van der Waals surface area contributed by atoms with Gasteiger partial charge in [-0.2, -0.15) is 18.3 Å². The molecule has 3 aromatic rings. The molecule has 1 fully saturated rings. The number of hydrogen-bond acceptors (Lipinski definition) is 5. The zero-order valence-corrected chi connectivity index (χ0v) is 17.5. The summed E-state index contributed by atoms with van der Waals surface area (Å²) in [5.41, 5.74) is 0.333. The number of ether oxygens (including phenoxy) is 1. The quantitative estimate of drug-likeness (QED) is 0.590. The van der Waals surface area contributed by atoms with Crippen molar-refractivity contribution in [2.24, 2.45) is 7.05 Å². The van der Waals surface area contributed by atoms with Gasteiger partial charge in [0.25, 0.3) is 5.91 Å². The second-order valence-electron chi connectivity index (χ2n) is 7.59. The number of nitrogens with one attached hydrogen (secondary N) is 2. The van der Waals surface area contributed by atoms with Crippen molar-refractivity contribution in [1.82, 2.24) is 25.4 Å². The molecule has 8 nitrogen and oxygen atoms in total. The van der Waals surface area contributed by atoms with E-state index < -0.39 is 11.7 Å². The first-order valence-corrected chi connectivity index (χ1v) is 10.1. The summed E-state index contributed by atoms with van der Waals surface area (Å²) < 4.78 is 45.7. The van der Waals surface area contributed by atoms with Gasteiger partial charge in [0.2, 0.25) is 11.8 Å². The number of amides is 2. The number of nitrogens with zero attached hydrogens (tertiary/aromatic N) is 3. The molecule has 1 atom stereocenters. The second-order valence-corrected chi connectivity index (χ2v) is 7.59. The lowest BCUT2D eigenvalue weighted by atomic mass is 10.1. The third-order valence-electron chi connectivity index (χ3n) is 5.09. The molecule has 0 aliphatic carbocycles. The first kappa shape index (κ1) is 22.3. The molecule has 2 aromatic heterocycles. The third kappa shape index (κ3) is 5.30. The van der Waals surface area contributed by atoms with Crippen molar-refractivity contribution < 1.29 is 27.5 Å². The van der Waals surface area contributed by atoms with E-state index in [9.17, 15) is 22.8 Å². The van der Waals surface area contributed by atoms with Crippen LogP contribution in [0, 0.1) is 0 Å². The smallest absolute Gasteiger partial charge is 0.416 e. The predicted octanol–water partition coefficient (Wildman–Crippen LogP) is 3.30. The minimum Gasteiger partial charge on any atom is -0.438 e. The van der Waals surface area contributed by atoms with Gasteiger partial charge >= 0.3 is 6.18 Å². The fraction of sp³-hybridized carbons (Fsp3) is 0.273. The molecular formula is C22H20F3N5O3. The maximum absolute atomic E-state index is 12.8. The zero-order chi connectivity index (χ0) is 23.6. The highest BCUT2D eigenvalue weighted by molar-refractivity contribution is 5.95. The maximum atomic E-state index is 12.8. The van der Waals surface area contributed by atoms with E-state index >= 15 is 0 Å². The Kier molecular flexibility index (Phi) is 6.03. The number of rotatable bonds is 6. The number of halogens is 3. The normalized spacial score (nSPS) is 15.9. The summed E-state index contributed by atoms with van der Waals surface area (Å²) >= 11 is 0. The largest absolute Gasteiger partial charge is 0.438 e. The van der Waals surface area contributed by atoms with Gasteiger partial charge in [-0.25, -0.2) is 4.98 Å². The van der Waals surface area contributed by atoms with Gasteiger partial charge in [-0.15, -0.1) is 0 Å². The Hall–Kier alpha value is -3.89. The molecule has 33 heavy (non-hydrogen) atoms. The van der Waals surface area contributed by atoms with E-state index in [2.05, 4.69) is 20.7 Å². The first-order chi connectivity index (χ1) is 15.7. The van der Waals surface area contributed by atoms with Gasteiger partial charge in [0, 0.05) is 38.4 Å². The van der Waals surface area contributed by atoms with Crippen LogP contribution < -0.4 is 15.4 Å². The van der Waals surface area contributed by atoms with Crippen LogP contribution >= 0.6 is 0 Å². The Balaban J connectivity index is 1.56. The number of carbonyl (C=O) groups excluding carboxylic acids is 2. The molecule has 1 saturated heterocycles. The monoisotopic (exact) mass is 459 g/mol. The predicted molar refractivity (Wildman–Crippen MR) is 111 cm³/mol. The zero-order valence-electron chi connectivity index (χ0n) is 17.5. The summed E-state index contributed by atoms with van der Waals surface area (Å²) in [4.78, 5) is 28.2. The topological polar surface area (TPSA) is 98.1 Å². The molecule has 1 aliphatic heterocycles. The van der Waals surface area contributed by atoms with Crippen LogP contribution in [-0.2, 0) is 18.0 Å². The number of carbonyl (C=O) groups is 2. The van der Waals surface area contributed by atoms with Gasteiger partial charge in [-0.1, -0.05) is 0 Å². The SMILES string of the molecule is Cn1ccc(-c2cc(C(=O)NCC3CCC(=O)N3)cnc2Oc2ccc(C(F)(F)F)cc2)n1. The lowest BCUT2D eigenvalue weighted by Gasteiger charge is -2.13. The molecule has 11 heteroatoms. The molecule has 0 spiro atoms. The van der Waals surface area contributed by atoms with Crippen LogP contribution in [0.15, 0.2) is 48.8 Å². The first-order valence-electron chi connectivity index (χ1n) is 10.1. The van der Waals surface area contributed by atoms with E-state index in [-0.39, 0.29) is 41.6 Å². The van der Waals surface area contributed by atoms with Crippen LogP contribution in [0.1, 0.15) is 28.8 Å². The fourth-order valence-corrected chi connectivity index (χ4v) is 3.37. The Morgan fingerprint density at radius 1 is 1.27 bits per heavy atom. The summed E-state index contributed by atoms with van der Waals surface area (Å²) in [6, 6.07) is 7.36. The van der Waals surface area contributed by atoms with E-state index in [1.54, 1.807) is 30.1 Å². The van der Waals surface area contributed by atoms with Gasteiger partial charge in [0.1, 0.15) is 5.75 Å². The molecule has 1 aromatic carbocycles. The van der Waals surface area contributed by atoms with E-state index in [1.165, 1.54) is 18.3 Å². The number of benzene rings is 1. The molecule has 1 unspecified atom stereocenters. The van der Waals surface area contributed by atoms with Crippen LogP contribution in [0.3, 0.4) is 0 Å². The summed E-state index contributed by atoms with van der Waals surface area (Å²) in [5.74, 6) is -0.185. The number of alkyl halides is 3. The lowest BCUT2D eigenvalue weighted by Crippen LogP contribution is -2.38. The van der Waals surface area contributed by atoms with E-state index in [4.69, 9.17) is 4.74 Å². The van der Waals surface area contributed by atoms with Crippen LogP contribution in [0.2, 0.25) is 0 Å². The van der Waals surface area contributed by atoms with Gasteiger partial charge in [0.15, 0.2) is 0 Å². The molecule has 0 bridgehead atoms. The van der Waals surface area contributed by atoms with E-state index in [1.807, 2.05) is 0 Å². The minimum atomic E-state index is -4.45. The third-order valence-corrected chi connectivity index (χ3v) is 5.09.